The Balaban J connectivity index is 2.18. The molecule has 6 nitrogen and oxygen atoms in total. The highest BCUT2D eigenvalue weighted by Gasteiger charge is 2.31. The first-order chi connectivity index (χ1) is 9.58. The summed E-state index contributed by atoms with van der Waals surface area (Å²) in [5.74, 6) is -0.387. The SMILES string of the molecule is CCN(Cc1c(C(=O)O)cnn1C)C1CCCC1CN. The van der Waals surface area contributed by atoms with Crippen LogP contribution in [0.1, 0.15) is 42.2 Å². The minimum absolute atomic E-state index is 0.299. The Morgan fingerprint density at radius 3 is 2.95 bits per heavy atom. The van der Waals surface area contributed by atoms with E-state index in [9.17, 15) is 9.90 Å². The van der Waals surface area contributed by atoms with Crippen LogP contribution in [-0.4, -0.2) is 44.9 Å². The van der Waals surface area contributed by atoms with Gasteiger partial charge in [0.2, 0.25) is 0 Å². The maximum atomic E-state index is 11.3. The topological polar surface area (TPSA) is 84.4 Å². The largest absolute Gasteiger partial charge is 0.478 e. The van der Waals surface area contributed by atoms with Gasteiger partial charge in [0.1, 0.15) is 5.56 Å². The van der Waals surface area contributed by atoms with Gasteiger partial charge in [-0.15, -0.1) is 0 Å². The van der Waals surface area contributed by atoms with Crippen molar-refractivity contribution in [2.75, 3.05) is 13.1 Å². The van der Waals surface area contributed by atoms with Gasteiger partial charge in [0.15, 0.2) is 0 Å². The van der Waals surface area contributed by atoms with Crippen molar-refractivity contribution in [1.29, 1.82) is 0 Å². The van der Waals surface area contributed by atoms with Crippen molar-refractivity contribution >= 4 is 5.97 Å². The monoisotopic (exact) mass is 280 g/mol. The van der Waals surface area contributed by atoms with E-state index in [1.807, 2.05) is 0 Å². The van der Waals surface area contributed by atoms with Crippen molar-refractivity contribution in [1.82, 2.24) is 14.7 Å². The summed E-state index contributed by atoms with van der Waals surface area (Å²) < 4.78 is 1.67. The van der Waals surface area contributed by atoms with Crippen LogP contribution < -0.4 is 5.73 Å². The average Bonchev–Trinajstić information content (AvgIpc) is 3.02. The zero-order chi connectivity index (χ0) is 14.7. The van der Waals surface area contributed by atoms with Crippen LogP contribution in [0.5, 0.6) is 0 Å². The van der Waals surface area contributed by atoms with Gasteiger partial charge in [0.25, 0.3) is 0 Å². The van der Waals surface area contributed by atoms with Gasteiger partial charge in [-0.1, -0.05) is 13.3 Å². The second kappa shape index (κ2) is 6.37. The molecule has 0 amide bonds. The maximum Gasteiger partial charge on any atom is 0.339 e. The number of rotatable bonds is 6. The van der Waals surface area contributed by atoms with Gasteiger partial charge < -0.3 is 10.8 Å². The van der Waals surface area contributed by atoms with E-state index in [-0.39, 0.29) is 0 Å². The Kier molecular flexibility index (Phi) is 4.77. The number of carboxylic acids is 1. The zero-order valence-electron chi connectivity index (χ0n) is 12.2. The predicted molar refractivity (Wildman–Crippen MR) is 76.4 cm³/mol. The highest BCUT2D eigenvalue weighted by atomic mass is 16.4. The Morgan fingerprint density at radius 2 is 2.35 bits per heavy atom. The molecule has 1 aliphatic rings. The summed E-state index contributed by atoms with van der Waals surface area (Å²) in [6.45, 7) is 4.34. The molecule has 0 spiro atoms. The van der Waals surface area contributed by atoms with E-state index in [1.54, 1.807) is 11.7 Å². The predicted octanol–water partition coefficient (Wildman–Crippen LogP) is 1.07. The molecule has 6 heteroatoms. The lowest BCUT2D eigenvalue weighted by molar-refractivity contribution is 0.0692. The van der Waals surface area contributed by atoms with Crippen molar-refractivity contribution < 1.29 is 9.90 Å². The molecule has 3 N–H and O–H groups in total. The van der Waals surface area contributed by atoms with E-state index in [1.165, 1.54) is 19.0 Å². The molecule has 20 heavy (non-hydrogen) atoms. The summed E-state index contributed by atoms with van der Waals surface area (Å²) in [6, 6.07) is 0.460. The van der Waals surface area contributed by atoms with Gasteiger partial charge in [0.05, 0.1) is 11.9 Å². The molecular weight excluding hydrogens is 256 g/mol. The minimum Gasteiger partial charge on any atom is -0.478 e. The fourth-order valence-electron chi connectivity index (χ4n) is 3.26. The van der Waals surface area contributed by atoms with Crippen LogP contribution in [0.15, 0.2) is 6.20 Å². The lowest BCUT2D eigenvalue weighted by atomic mass is 10.0. The van der Waals surface area contributed by atoms with E-state index in [0.29, 0.717) is 30.6 Å². The molecule has 1 aromatic rings. The summed E-state index contributed by atoms with van der Waals surface area (Å²) in [4.78, 5) is 13.6. The second-order valence-electron chi connectivity index (χ2n) is 5.49. The summed E-state index contributed by atoms with van der Waals surface area (Å²) in [6.07, 6.45) is 4.96. The Hall–Kier alpha value is -1.40. The number of nitrogens with two attached hydrogens (primary N) is 1. The number of aromatic nitrogens is 2. The van der Waals surface area contributed by atoms with E-state index < -0.39 is 5.97 Å². The molecular formula is C14H24N4O2. The summed E-state index contributed by atoms with van der Waals surface area (Å²) in [5.41, 5.74) is 6.92. The molecule has 2 unspecified atom stereocenters. The van der Waals surface area contributed by atoms with Crippen molar-refractivity contribution in [3.8, 4) is 0 Å². The second-order valence-corrected chi connectivity index (χ2v) is 5.49. The van der Waals surface area contributed by atoms with Crippen molar-refractivity contribution in [2.24, 2.45) is 18.7 Å². The first kappa shape index (κ1) is 15.0. The van der Waals surface area contributed by atoms with Crippen molar-refractivity contribution in [2.45, 2.75) is 38.8 Å². The van der Waals surface area contributed by atoms with Crippen molar-refractivity contribution in [3.63, 3.8) is 0 Å². The van der Waals surface area contributed by atoms with Crippen LogP contribution >= 0.6 is 0 Å². The first-order valence-corrected chi connectivity index (χ1v) is 7.26. The van der Waals surface area contributed by atoms with Crippen LogP contribution in [0, 0.1) is 5.92 Å². The summed E-state index contributed by atoms with van der Waals surface area (Å²) >= 11 is 0. The van der Waals surface area contributed by atoms with Crippen LogP contribution in [-0.2, 0) is 13.6 Å². The third-order valence-corrected chi connectivity index (χ3v) is 4.44. The van der Waals surface area contributed by atoms with E-state index in [0.717, 1.165) is 18.7 Å². The van der Waals surface area contributed by atoms with Gasteiger partial charge in [0, 0.05) is 19.6 Å². The lowest BCUT2D eigenvalue weighted by Crippen LogP contribution is -2.40. The van der Waals surface area contributed by atoms with Gasteiger partial charge >= 0.3 is 5.97 Å². The fourth-order valence-corrected chi connectivity index (χ4v) is 3.26. The van der Waals surface area contributed by atoms with E-state index in [4.69, 9.17) is 5.73 Å². The molecule has 1 heterocycles. The number of aryl methyl sites for hydroxylation is 1. The molecule has 1 saturated carbocycles. The lowest BCUT2D eigenvalue weighted by Gasteiger charge is -2.31. The van der Waals surface area contributed by atoms with Crippen LogP contribution in [0.25, 0.3) is 0 Å². The van der Waals surface area contributed by atoms with Crippen LogP contribution in [0.3, 0.4) is 0 Å². The van der Waals surface area contributed by atoms with Gasteiger partial charge in [-0.25, -0.2) is 4.79 Å². The van der Waals surface area contributed by atoms with Crippen LogP contribution in [0.2, 0.25) is 0 Å². The number of nitrogens with zero attached hydrogens (tertiary/aromatic N) is 3. The van der Waals surface area contributed by atoms with Gasteiger partial charge in [-0.3, -0.25) is 9.58 Å². The Morgan fingerprint density at radius 1 is 1.60 bits per heavy atom. The number of hydrogen-bond donors (Lipinski definition) is 2. The molecule has 0 aliphatic heterocycles. The molecule has 2 atom stereocenters. The maximum absolute atomic E-state index is 11.3. The standard InChI is InChI=1S/C14H24N4O2/c1-3-18(12-6-4-5-10(12)7-15)9-13-11(14(19)20)8-16-17(13)2/h8,10,12H,3-7,9,15H2,1-2H3,(H,19,20). The molecule has 0 saturated heterocycles. The normalized spacial score (nSPS) is 22.6. The zero-order valence-corrected chi connectivity index (χ0v) is 12.2. The molecule has 1 aromatic heterocycles. The number of carbonyl (C=O) groups is 1. The summed E-state index contributed by atoms with van der Waals surface area (Å²) in [5, 5.41) is 13.3. The molecule has 0 aromatic carbocycles. The fraction of sp³-hybridized carbons (Fsp3) is 0.714. The molecule has 1 fully saturated rings. The number of hydrogen-bond acceptors (Lipinski definition) is 4. The third-order valence-electron chi connectivity index (χ3n) is 4.44. The minimum atomic E-state index is -0.911. The smallest absolute Gasteiger partial charge is 0.339 e. The number of carboxylic acid groups (broad SMARTS) is 1. The van der Waals surface area contributed by atoms with E-state index in [2.05, 4.69) is 16.9 Å². The van der Waals surface area contributed by atoms with E-state index >= 15 is 0 Å². The molecule has 2 rings (SSSR count). The van der Waals surface area contributed by atoms with Crippen molar-refractivity contribution in [3.05, 3.63) is 17.5 Å². The average molecular weight is 280 g/mol. The quantitative estimate of drug-likeness (QED) is 0.814. The molecule has 1 aliphatic carbocycles. The Labute approximate surface area is 119 Å². The number of aromatic carboxylic acids is 1. The third kappa shape index (κ3) is 2.86. The molecule has 112 valence electrons. The molecule has 0 radical (unpaired) electrons. The summed E-state index contributed by atoms with van der Waals surface area (Å²) in [7, 11) is 1.80. The molecule has 0 bridgehead atoms. The Bertz CT molecular complexity index is 472. The highest BCUT2D eigenvalue weighted by molar-refractivity contribution is 5.88. The highest BCUT2D eigenvalue weighted by Crippen LogP contribution is 2.30. The van der Waals surface area contributed by atoms with Crippen LogP contribution in [0.4, 0.5) is 0 Å². The first-order valence-electron chi connectivity index (χ1n) is 7.26. The van der Waals surface area contributed by atoms with Gasteiger partial charge in [-0.2, -0.15) is 5.10 Å². The van der Waals surface area contributed by atoms with Gasteiger partial charge in [-0.05, 0) is 31.8 Å².